The van der Waals surface area contributed by atoms with Crippen LogP contribution in [0.25, 0.3) is 32.0 Å². The lowest BCUT2D eigenvalue weighted by Gasteiger charge is -2.06. The van der Waals surface area contributed by atoms with Crippen molar-refractivity contribution < 1.29 is 23.4 Å². The van der Waals surface area contributed by atoms with Crippen molar-refractivity contribution in [2.45, 2.75) is 6.92 Å². The fourth-order valence-electron chi connectivity index (χ4n) is 2.81. The van der Waals surface area contributed by atoms with Gasteiger partial charge in [0.2, 0.25) is 5.88 Å². The van der Waals surface area contributed by atoms with E-state index in [4.69, 9.17) is 21.1 Å². The highest BCUT2D eigenvalue weighted by Crippen LogP contribution is 2.35. The molecule has 1 aromatic carbocycles. The smallest absolute Gasteiger partial charge is 0.403 e. The number of aromatic nitrogens is 4. The van der Waals surface area contributed by atoms with Crippen LogP contribution in [-0.2, 0) is 4.74 Å². The Bertz CT molecular complexity index is 1270. The van der Waals surface area contributed by atoms with Gasteiger partial charge in [0.15, 0.2) is 5.82 Å². The molecule has 0 atom stereocenters. The third-order valence-electron chi connectivity index (χ3n) is 4.05. The Hall–Kier alpha value is -3.11. The van der Waals surface area contributed by atoms with Crippen LogP contribution in [0.15, 0.2) is 24.4 Å². The molecule has 0 N–H and O–H groups in total. The number of carbonyl (C=O) groups is 1. The highest BCUT2D eigenvalue weighted by Gasteiger charge is 2.17. The molecule has 0 spiro atoms. The molecule has 0 saturated heterocycles. The van der Waals surface area contributed by atoms with E-state index in [1.54, 1.807) is 0 Å². The second-order valence-corrected chi connectivity index (χ2v) is 7.43. The highest BCUT2D eigenvalue weighted by molar-refractivity contribution is 7.21. The molecule has 0 radical (unpaired) electrons. The number of hydrogen-bond donors (Lipinski definition) is 0. The number of carbonyl (C=O) groups excluding carboxylic acids is 1. The number of methoxy groups -OCH3 is 1. The van der Waals surface area contributed by atoms with Gasteiger partial charge < -0.3 is 14.2 Å². The van der Waals surface area contributed by atoms with E-state index in [1.807, 2.05) is 19.1 Å². The highest BCUT2D eigenvalue weighted by atomic mass is 35.5. The number of benzene rings is 1. The van der Waals surface area contributed by atoms with Crippen LogP contribution in [0, 0.1) is 12.7 Å². The van der Waals surface area contributed by atoms with Crippen molar-refractivity contribution in [1.29, 1.82) is 0 Å². The first-order valence-electron chi connectivity index (χ1n) is 8.68. The fourth-order valence-corrected chi connectivity index (χ4v) is 3.82. The van der Waals surface area contributed by atoms with Crippen molar-refractivity contribution in [3.8, 4) is 22.3 Å². The van der Waals surface area contributed by atoms with Gasteiger partial charge in [-0.15, -0.1) is 0 Å². The standard InChI is InChI=1S/C19H14ClFN4O4S/c1-9-5-10(15-12(6-9)23-14(27-2)8-22-15)17-24-13-7-11(21)16(25-18(13)30-17)28-3-4-29-19(20)26/h5-8H,3-4H2,1-2H3. The number of ether oxygens (including phenoxy) is 3. The second-order valence-electron chi connectivity index (χ2n) is 6.15. The van der Waals surface area contributed by atoms with Crippen LogP contribution in [-0.4, -0.2) is 45.7 Å². The molecule has 0 aliphatic rings. The van der Waals surface area contributed by atoms with Gasteiger partial charge in [0, 0.05) is 23.2 Å². The van der Waals surface area contributed by atoms with Gasteiger partial charge in [-0.05, 0) is 24.6 Å². The van der Waals surface area contributed by atoms with E-state index < -0.39 is 11.2 Å². The maximum absolute atomic E-state index is 14.3. The summed E-state index contributed by atoms with van der Waals surface area (Å²) in [7, 11) is 1.53. The Labute approximate surface area is 178 Å². The monoisotopic (exact) mass is 448 g/mol. The molecule has 3 heterocycles. The van der Waals surface area contributed by atoms with Gasteiger partial charge in [-0.2, -0.15) is 4.98 Å². The summed E-state index contributed by atoms with van der Waals surface area (Å²) in [5, 5.41) is 0.623. The lowest BCUT2D eigenvalue weighted by molar-refractivity contribution is 0.144. The molecule has 3 aromatic heterocycles. The average molecular weight is 449 g/mol. The number of halogens is 2. The normalized spacial score (nSPS) is 11.1. The van der Waals surface area contributed by atoms with Crippen LogP contribution in [0.2, 0.25) is 0 Å². The van der Waals surface area contributed by atoms with Gasteiger partial charge in [-0.1, -0.05) is 11.3 Å². The molecule has 0 amide bonds. The molecular formula is C19H14ClFN4O4S. The van der Waals surface area contributed by atoms with E-state index in [0.717, 1.165) is 11.1 Å². The predicted molar refractivity (Wildman–Crippen MR) is 110 cm³/mol. The first-order chi connectivity index (χ1) is 14.4. The Balaban J connectivity index is 1.71. The zero-order chi connectivity index (χ0) is 21.3. The van der Waals surface area contributed by atoms with Gasteiger partial charge in [0.1, 0.15) is 28.6 Å². The molecule has 30 heavy (non-hydrogen) atoms. The third kappa shape index (κ3) is 4.10. The molecule has 0 unspecified atom stereocenters. The van der Waals surface area contributed by atoms with Crippen LogP contribution in [0.5, 0.6) is 11.8 Å². The van der Waals surface area contributed by atoms with Crippen LogP contribution >= 0.6 is 22.9 Å². The predicted octanol–water partition coefficient (Wildman–Crippen LogP) is 4.51. The molecule has 0 fully saturated rings. The van der Waals surface area contributed by atoms with Crippen LogP contribution < -0.4 is 9.47 Å². The number of nitrogens with zero attached hydrogens (tertiary/aromatic N) is 4. The Morgan fingerprint density at radius 2 is 2.00 bits per heavy atom. The van der Waals surface area contributed by atoms with Crippen molar-refractivity contribution in [3.63, 3.8) is 0 Å². The van der Waals surface area contributed by atoms with Gasteiger partial charge >= 0.3 is 5.43 Å². The first-order valence-corrected chi connectivity index (χ1v) is 9.88. The zero-order valence-corrected chi connectivity index (χ0v) is 17.4. The summed E-state index contributed by atoms with van der Waals surface area (Å²) in [5.74, 6) is -0.467. The minimum absolute atomic E-state index is 0.0838. The lowest BCUT2D eigenvalue weighted by atomic mass is 10.1. The van der Waals surface area contributed by atoms with E-state index in [1.165, 1.54) is 30.7 Å². The molecule has 8 nitrogen and oxygen atoms in total. The van der Waals surface area contributed by atoms with Gasteiger partial charge in [-0.25, -0.2) is 24.1 Å². The fraction of sp³-hybridized carbons (Fsp3) is 0.211. The van der Waals surface area contributed by atoms with Crippen LogP contribution in [0.4, 0.5) is 9.18 Å². The van der Waals surface area contributed by atoms with Crippen molar-refractivity contribution in [3.05, 3.63) is 35.8 Å². The topological polar surface area (TPSA) is 96.3 Å². The number of hydrogen-bond acceptors (Lipinski definition) is 9. The molecule has 0 saturated carbocycles. The summed E-state index contributed by atoms with van der Waals surface area (Å²) in [5.41, 5.74) is 2.49. The molecule has 0 bridgehead atoms. The van der Waals surface area contributed by atoms with E-state index in [0.29, 0.717) is 32.3 Å². The number of fused-ring (bicyclic) bond motifs is 2. The van der Waals surface area contributed by atoms with Crippen molar-refractivity contribution >= 4 is 49.7 Å². The molecule has 4 rings (SSSR count). The second kappa shape index (κ2) is 8.33. The minimum atomic E-state index is -0.958. The maximum atomic E-state index is 14.3. The van der Waals surface area contributed by atoms with E-state index in [-0.39, 0.29) is 19.1 Å². The first kappa shape index (κ1) is 20.2. The Morgan fingerprint density at radius 1 is 1.17 bits per heavy atom. The zero-order valence-electron chi connectivity index (χ0n) is 15.8. The van der Waals surface area contributed by atoms with Crippen molar-refractivity contribution in [1.82, 2.24) is 19.9 Å². The van der Waals surface area contributed by atoms with Gasteiger partial charge in [0.05, 0.1) is 24.3 Å². The third-order valence-corrected chi connectivity index (χ3v) is 5.16. The Kier molecular flexibility index (Phi) is 5.60. The summed E-state index contributed by atoms with van der Waals surface area (Å²) in [6, 6.07) is 5.09. The van der Waals surface area contributed by atoms with E-state index >= 15 is 0 Å². The molecule has 11 heteroatoms. The summed E-state index contributed by atoms with van der Waals surface area (Å²) in [6.07, 6.45) is 1.53. The van der Waals surface area contributed by atoms with E-state index in [2.05, 4.69) is 24.7 Å². The van der Waals surface area contributed by atoms with Crippen LogP contribution in [0.3, 0.4) is 0 Å². The van der Waals surface area contributed by atoms with Crippen LogP contribution in [0.1, 0.15) is 5.56 Å². The summed E-state index contributed by atoms with van der Waals surface area (Å²) in [6.45, 7) is 1.74. The quantitative estimate of drug-likeness (QED) is 0.314. The number of thiazole rings is 1. The van der Waals surface area contributed by atoms with Gasteiger partial charge in [0.25, 0.3) is 5.88 Å². The average Bonchev–Trinajstić information content (AvgIpc) is 3.12. The molecule has 154 valence electrons. The van der Waals surface area contributed by atoms with E-state index in [9.17, 15) is 9.18 Å². The molecular weight excluding hydrogens is 435 g/mol. The van der Waals surface area contributed by atoms with Crippen molar-refractivity contribution in [2.24, 2.45) is 0 Å². The SMILES string of the molecule is COc1cnc2c(-c3nc4cc(F)c(OCCOC(=O)Cl)nc4s3)cc(C)cc2n1. The number of rotatable bonds is 6. The summed E-state index contributed by atoms with van der Waals surface area (Å²) in [4.78, 5) is 28.6. The summed E-state index contributed by atoms with van der Waals surface area (Å²) >= 11 is 6.35. The van der Waals surface area contributed by atoms with Crippen molar-refractivity contribution in [2.75, 3.05) is 20.3 Å². The largest absolute Gasteiger partial charge is 0.480 e. The maximum Gasteiger partial charge on any atom is 0.403 e. The molecule has 4 aromatic rings. The molecule has 0 aliphatic heterocycles. The van der Waals surface area contributed by atoms with Gasteiger partial charge in [-0.3, -0.25) is 0 Å². The number of pyridine rings is 1. The summed E-state index contributed by atoms with van der Waals surface area (Å²) < 4.78 is 29.3. The number of aryl methyl sites for hydroxylation is 1. The lowest BCUT2D eigenvalue weighted by Crippen LogP contribution is -2.09. The minimum Gasteiger partial charge on any atom is -0.480 e. The molecule has 0 aliphatic carbocycles. The Morgan fingerprint density at radius 3 is 2.77 bits per heavy atom.